The van der Waals surface area contributed by atoms with Crippen LogP contribution in [0.3, 0.4) is 0 Å². The van der Waals surface area contributed by atoms with Gasteiger partial charge in [-0.3, -0.25) is 4.79 Å². The van der Waals surface area contributed by atoms with Gasteiger partial charge in [-0.05, 0) is 30.7 Å². The van der Waals surface area contributed by atoms with Gasteiger partial charge in [-0.25, -0.2) is 0 Å². The number of hydrogen-bond donors (Lipinski definition) is 1. The van der Waals surface area contributed by atoms with Crippen molar-refractivity contribution in [1.82, 2.24) is 4.90 Å². The Bertz CT molecular complexity index is 388. The van der Waals surface area contributed by atoms with Gasteiger partial charge in [0.1, 0.15) is 11.0 Å². The normalized spacial score (nSPS) is 25.2. The summed E-state index contributed by atoms with van der Waals surface area (Å²) in [6, 6.07) is 2.01. The molecule has 80 valence electrons. The topological polar surface area (TPSA) is 32.3 Å². The average molecular weight is 222 g/mol. The lowest BCUT2D eigenvalue weighted by molar-refractivity contribution is 0.0696. The third kappa shape index (κ3) is 1.44. The molecule has 1 atom stereocenters. The first-order chi connectivity index (χ1) is 7.36. The van der Waals surface area contributed by atoms with Crippen LogP contribution in [0.1, 0.15) is 35.4 Å². The summed E-state index contributed by atoms with van der Waals surface area (Å²) < 4.78 is 0. The predicted molar refractivity (Wildman–Crippen MR) is 61.2 cm³/mol. The number of rotatable bonds is 0. The highest BCUT2D eigenvalue weighted by molar-refractivity contribution is 7.12. The molecule has 3 rings (SSSR count). The maximum Gasteiger partial charge on any atom is 0.267 e. The highest BCUT2D eigenvalue weighted by atomic mass is 32.1. The highest BCUT2D eigenvalue weighted by Gasteiger charge is 2.33. The summed E-state index contributed by atoms with van der Waals surface area (Å²) >= 11 is 1.54. The number of hydrogen-bond acceptors (Lipinski definition) is 3. The Balaban J connectivity index is 1.96. The second-order valence-electron chi connectivity index (χ2n) is 4.17. The molecule has 4 heteroatoms. The average Bonchev–Trinajstić information content (AvgIpc) is 2.56. The molecule has 15 heavy (non-hydrogen) atoms. The van der Waals surface area contributed by atoms with Gasteiger partial charge in [0.2, 0.25) is 0 Å². The van der Waals surface area contributed by atoms with Gasteiger partial charge in [-0.15, -0.1) is 11.3 Å². The SMILES string of the molecule is O=C1c2sccc2NC2CCCCCN12. The lowest BCUT2D eigenvalue weighted by atomic mass is 10.1. The summed E-state index contributed by atoms with van der Waals surface area (Å²) in [5.74, 6) is 0.227. The van der Waals surface area contributed by atoms with Crippen molar-refractivity contribution in [3.63, 3.8) is 0 Å². The minimum atomic E-state index is 0.227. The summed E-state index contributed by atoms with van der Waals surface area (Å²) in [6.07, 6.45) is 4.93. The van der Waals surface area contributed by atoms with E-state index in [0.717, 1.165) is 30.0 Å². The molecule has 1 unspecified atom stereocenters. The molecular weight excluding hydrogens is 208 g/mol. The molecule has 1 amide bonds. The first kappa shape index (κ1) is 9.21. The third-order valence-corrected chi connectivity index (χ3v) is 4.10. The van der Waals surface area contributed by atoms with Crippen LogP contribution in [0.4, 0.5) is 5.69 Å². The minimum Gasteiger partial charge on any atom is -0.364 e. The quantitative estimate of drug-likeness (QED) is 0.731. The first-order valence-electron chi connectivity index (χ1n) is 5.51. The number of nitrogens with zero attached hydrogens (tertiary/aromatic N) is 1. The number of carbonyl (C=O) groups excluding carboxylic acids is 1. The summed E-state index contributed by atoms with van der Waals surface area (Å²) in [6.45, 7) is 0.911. The molecule has 1 fully saturated rings. The van der Waals surface area contributed by atoms with Gasteiger partial charge in [0.15, 0.2) is 0 Å². The van der Waals surface area contributed by atoms with E-state index in [2.05, 4.69) is 5.32 Å². The van der Waals surface area contributed by atoms with Crippen molar-refractivity contribution in [3.8, 4) is 0 Å². The largest absolute Gasteiger partial charge is 0.364 e. The van der Waals surface area contributed by atoms with E-state index in [9.17, 15) is 4.79 Å². The van der Waals surface area contributed by atoms with Crippen molar-refractivity contribution < 1.29 is 4.79 Å². The molecule has 0 aromatic carbocycles. The molecule has 1 aromatic heterocycles. The Morgan fingerprint density at radius 3 is 3.27 bits per heavy atom. The molecule has 0 saturated carbocycles. The van der Waals surface area contributed by atoms with E-state index < -0.39 is 0 Å². The fourth-order valence-corrected chi connectivity index (χ4v) is 3.21. The van der Waals surface area contributed by atoms with Crippen molar-refractivity contribution in [2.45, 2.75) is 31.8 Å². The van der Waals surface area contributed by atoms with Gasteiger partial charge in [-0.1, -0.05) is 6.42 Å². The number of fused-ring (bicyclic) bond motifs is 2. The van der Waals surface area contributed by atoms with Crippen LogP contribution >= 0.6 is 11.3 Å². The molecule has 0 aliphatic carbocycles. The molecule has 1 aromatic rings. The van der Waals surface area contributed by atoms with Gasteiger partial charge in [0.25, 0.3) is 5.91 Å². The van der Waals surface area contributed by atoms with Crippen molar-refractivity contribution >= 4 is 22.9 Å². The molecule has 1 saturated heterocycles. The van der Waals surface area contributed by atoms with Crippen molar-refractivity contribution in [3.05, 3.63) is 16.3 Å². The van der Waals surface area contributed by atoms with E-state index in [1.807, 2.05) is 16.3 Å². The van der Waals surface area contributed by atoms with Crippen LogP contribution in [-0.4, -0.2) is 23.5 Å². The Hall–Kier alpha value is -1.03. The molecule has 2 aliphatic heterocycles. The number of thiophene rings is 1. The summed E-state index contributed by atoms with van der Waals surface area (Å²) in [5, 5.41) is 5.45. The molecular formula is C11H14N2OS. The van der Waals surface area contributed by atoms with Gasteiger partial charge in [0.05, 0.1) is 5.69 Å². The van der Waals surface area contributed by atoms with Gasteiger partial charge < -0.3 is 10.2 Å². The van der Waals surface area contributed by atoms with E-state index >= 15 is 0 Å². The highest BCUT2D eigenvalue weighted by Crippen LogP contribution is 2.32. The van der Waals surface area contributed by atoms with Crippen LogP contribution in [0.5, 0.6) is 0 Å². The second kappa shape index (κ2) is 3.52. The van der Waals surface area contributed by atoms with Crippen LogP contribution in [-0.2, 0) is 0 Å². The van der Waals surface area contributed by atoms with Crippen LogP contribution in [0.15, 0.2) is 11.4 Å². The molecule has 0 bridgehead atoms. The zero-order valence-corrected chi connectivity index (χ0v) is 9.35. The van der Waals surface area contributed by atoms with Crippen LogP contribution in [0, 0.1) is 0 Å². The van der Waals surface area contributed by atoms with E-state index in [1.165, 1.54) is 12.8 Å². The zero-order chi connectivity index (χ0) is 10.3. The number of carbonyl (C=O) groups is 1. The maximum absolute atomic E-state index is 12.2. The Morgan fingerprint density at radius 2 is 2.33 bits per heavy atom. The lowest BCUT2D eigenvalue weighted by Crippen LogP contribution is -2.47. The summed E-state index contributed by atoms with van der Waals surface area (Å²) in [5.41, 5.74) is 1.04. The standard InChI is InChI=1S/C11H14N2OS/c14-11-10-8(5-7-15-10)12-9-4-2-1-3-6-13(9)11/h5,7,9,12H,1-4,6H2. The molecule has 1 N–H and O–H groups in total. The minimum absolute atomic E-state index is 0.227. The zero-order valence-electron chi connectivity index (χ0n) is 8.53. The van der Waals surface area contributed by atoms with Gasteiger partial charge in [-0.2, -0.15) is 0 Å². The first-order valence-corrected chi connectivity index (χ1v) is 6.39. The Morgan fingerprint density at radius 1 is 1.40 bits per heavy atom. The third-order valence-electron chi connectivity index (χ3n) is 3.20. The van der Waals surface area contributed by atoms with Crippen molar-refractivity contribution in [2.24, 2.45) is 0 Å². The number of anilines is 1. The summed E-state index contributed by atoms with van der Waals surface area (Å²) in [4.78, 5) is 15.0. The molecule has 3 nitrogen and oxygen atoms in total. The second-order valence-corrected chi connectivity index (χ2v) is 5.09. The van der Waals surface area contributed by atoms with Crippen molar-refractivity contribution in [1.29, 1.82) is 0 Å². The van der Waals surface area contributed by atoms with E-state index in [4.69, 9.17) is 0 Å². The molecule has 0 radical (unpaired) electrons. The fraction of sp³-hybridized carbons (Fsp3) is 0.545. The number of amides is 1. The smallest absolute Gasteiger partial charge is 0.267 e. The summed E-state index contributed by atoms with van der Waals surface area (Å²) in [7, 11) is 0. The lowest BCUT2D eigenvalue weighted by Gasteiger charge is -2.35. The Kier molecular flexibility index (Phi) is 2.16. The predicted octanol–water partition coefficient (Wildman–Crippen LogP) is 2.52. The van der Waals surface area contributed by atoms with Crippen LogP contribution in [0.25, 0.3) is 0 Å². The number of nitrogens with one attached hydrogen (secondary N) is 1. The van der Waals surface area contributed by atoms with Gasteiger partial charge >= 0.3 is 0 Å². The van der Waals surface area contributed by atoms with Crippen molar-refractivity contribution in [2.75, 3.05) is 11.9 Å². The monoisotopic (exact) mass is 222 g/mol. The van der Waals surface area contributed by atoms with E-state index in [1.54, 1.807) is 11.3 Å². The molecule has 3 heterocycles. The van der Waals surface area contributed by atoms with E-state index in [-0.39, 0.29) is 12.1 Å². The molecule has 0 spiro atoms. The van der Waals surface area contributed by atoms with E-state index in [0.29, 0.717) is 0 Å². The maximum atomic E-state index is 12.2. The fourth-order valence-electron chi connectivity index (χ4n) is 2.40. The Labute approximate surface area is 93.1 Å². The van der Waals surface area contributed by atoms with Gasteiger partial charge in [0, 0.05) is 6.54 Å². The molecule has 2 aliphatic rings. The van der Waals surface area contributed by atoms with Crippen LogP contribution < -0.4 is 5.32 Å². The van der Waals surface area contributed by atoms with Crippen LogP contribution in [0.2, 0.25) is 0 Å².